The molecule has 0 atom stereocenters. The third-order valence-corrected chi connectivity index (χ3v) is 0. The molecule has 5 nitrogen and oxygen atoms in total. The van der Waals surface area contributed by atoms with Crippen molar-refractivity contribution in [1.82, 2.24) is 0 Å². The van der Waals surface area contributed by atoms with E-state index < -0.39 is 0 Å². The zero-order valence-electron chi connectivity index (χ0n) is 5.56. The van der Waals surface area contributed by atoms with E-state index in [1.807, 2.05) is 0 Å². The summed E-state index contributed by atoms with van der Waals surface area (Å²) in [5.41, 5.74) is 0. The summed E-state index contributed by atoms with van der Waals surface area (Å²) in [6, 6.07) is 0. The van der Waals surface area contributed by atoms with E-state index in [1.165, 1.54) is 0 Å². The van der Waals surface area contributed by atoms with Gasteiger partial charge in [-0.2, -0.15) is 0 Å². The van der Waals surface area contributed by atoms with Crippen LogP contribution in [0.3, 0.4) is 0 Å². The molecule has 6 radical (unpaired) electrons. The molecule has 0 aliphatic rings. The molecule has 0 aromatic heterocycles. The molecule has 0 aromatic carbocycles. The third kappa shape index (κ3) is 168. The minimum absolute atomic E-state index is 0. The van der Waals surface area contributed by atoms with Crippen LogP contribution in [0.4, 0.5) is 0 Å². The van der Waals surface area contributed by atoms with E-state index in [9.17, 15) is 0 Å². The van der Waals surface area contributed by atoms with E-state index in [0.29, 0.717) is 0 Å². The Morgan fingerprint density at radius 3 is 0.444 bits per heavy atom. The predicted molar refractivity (Wildman–Crippen MR) is 26.6 cm³/mol. The van der Waals surface area contributed by atoms with Crippen molar-refractivity contribution in [3.63, 3.8) is 0 Å². The largest absolute Gasteiger partial charge is 2.00 e. The van der Waals surface area contributed by atoms with Gasteiger partial charge in [-0.05, 0) is 0 Å². The van der Waals surface area contributed by atoms with Gasteiger partial charge in [-0.1, -0.05) is 0 Å². The Labute approximate surface area is 102 Å². The average molecular weight is 156 g/mol. The van der Waals surface area contributed by atoms with Gasteiger partial charge >= 0.3 is 59.1 Å². The fraction of sp³-hybridized carbons (Fsp3) is 0. The van der Waals surface area contributed by atoms with Gasteiger partial charge in [0.2, 0.25) is 0 Å². The molecular formula is H8B2Na2O5. The zero-order chi connectivity index (χ0) is 0. The van der Waals surface area contributed by atoms with E-state index in [4.69, 9.17) is 0 Å². The Balaban J connectivity index is 0. The molecule has 0 spiro atoms. The standard InChI is InChI=1S/2B.2Na.4H2O.O/h;;;;4*1H2;/q;;2*+1;;;;;-2. The monoisotopic (exact) mass is 156 g/mol. The van der Waals surface area contributed by atoms with Gasteiger partial charge in [-0.15, -0.1) is 0 Å². The summed E-state index contributed by atoms with van der Waals surface area (Å²) in [7, 11) is 0. The molecule has 8 N–H and O–H groups in total. The number of rotatable bonds is 0. The number of hydrogen-bond acceptors (Lipinski definition) is 0. The summed E-state index contributed by atoms with van der Waals surface area (Å²) >= 11 is 0. The smallest absolute Gasteiger partial charge is 1.00 e. The Morgan fingerprint density at radius 1 is 0.444 bits per heavy atom. The first-order valence-corrected chi connectivity index (χ1v) is 0. The van der Waals surface area contributed by atoms with E-state index in [-0.39, 0.29) is 103 Å². The molecule has 0 saturated heterocycles. The summed E-state index contributed by atoms with van der Waals surface area (Å²) in [6.45, 7) is 0. The SMILES string of the molecule is O.O.O.O.[B].[B].[Na+].[Na+].[O-2]. The number of hydrogen-bond donors (Lipinski definition) is 0. The second-order valence-corrected chi connectivity index (χ2v) is 0. The van der Waals surface area contributed by atoms with Crippen molar-refractivity contribution in [3.8, 4) is 0 Å². The Kier molecular flexibility index (Phi) is 6840. The normalized spacial score (nSPS) is 0. The van der Waals surface area contributed by atoms with Crippen molar-refractivity contribution in [3.05, 3.63) is 0 Å². The first-order chi connectivity index (χ1) is 0. The maximum atomic E-state index is 0. The summed E-state index contributed by atoms with van der Waals surface area (Å²) in [6.07, 6.45) is 0. The average Bonchev–Trinajstić information content (AvgIpc) is 0. The molecule has 0 saturated carbocycles. The maximum Gasteiger partial charge on any atom is 1.00 e. The van der Waals surface area contributed by atoms with Crippen molar-refractivity contribution in [2.75, 3.05) is 0 Å². The fourth-order valence-corrected chi connectivity index (χ4v) is 0. The van der Waals surface area contributed by atoms with Gasteiger partial charge in [0.25, 0.3) is 0 Å². The summed E-state index contributed by atoms with van der Waals surface area (Å²) < 4.78 is 0. The van der Waals surface area contributed by atoms with Crippen LogP contribution in [-0.2, 0) is 5.48 Å². The van der Waals surface area contributed by atoms with Crippen LogP contribution in [0.5, 0.6) is 0 Å². The van der Waals surface area contributed by atoms with Crippen LogP contribution in [0.15, 0.2) is 0 Å². The molecule has 0 unspecified atom stereocenters. The first-order valence-electron chi connectivity index (χ1n) is 0. The van der Waals surface area contributed by atoms with Crippen molar-refractivity contribution >= 4 is 16.8 Å². The molecule has 9 heteroatoms. The van der Waals surface area contributed by atoms with Crippen molar-refractivity contribution in [2.24, 2.45) is 0 Å². The van der Waals surface area contributed by atoms with E-state index in [1.54, 1.807) is 0 Å². The van der Waals surface area contributed by atoms with Crippen LogP contribution in [0.25, 0.3) is 0 Å². The van der Waals surface area contributed by atoms with E-state index >= 15 is 0 Å². The molecule has 0 aliphatic carbocycles. The molecule has 0 rings (SSSR count). The van der Waals surface area contributed by atoms with E-state index in [2.05, 4.69) is 0 Å². The molecule has 0 aromatic rings. The van der Waals surface area contributed by atoms with Crippen LogP contribution in [-0.4, -0.2) is 38.7 Å². The van der Waals surface area contributed by atoms with Gasteiger partial charge in [0, 0.05) is 16.8 Å². The van der Waals surface area contributed by atoms with Gasteiger partial charge in [0.05, 0.1) is 0 Å². The summed E-state index contributed by atoms with van der Waals surface area (Å²) in [4.78, 5) is 0. The molecule has 0 fully saturated rings. The first kappa shape index (κ1) is 289. The van der Waals surface area contributed by atoms with Crippen molar-refractivity contribution in [1.29, 1.82) is 0 Å². The van der Waals surface area contributed by atoms with Crippen LogP contribution < -0.4 is 59.1 Å². The Bertz CT molecular complexity index is 12.9. The molecule has 46 valence electrons. The Hall–Kier alpha value is 1.93. The van der Waals surface area contributed by atoms with Gasteiger partial charge in [-0.3, -0.25) is 0 Å². The van der Waals surface area contributed by atoms with Gasteiger partial charge in [0.15, 0.2) is 0 Å². The molecular weight excluding hydrogens is 148 g/mol. The fourth-order valence-electron chi connectivity index (χ4n) is 0. The second kappa shape index (κ2) is 213. The minimum atomic E-state index is 0. The van der Waals surface area contributed by atoms with E-state index in [0.717, 1.165) is 0 Å². The van der Waals surface area contributed by atoms with Crippen LogP contribution in [0, 0.1) is 0 Å². The summed E-state index contributed by atoms with van der Waals surface area (Å²) in [5, 5.41) is 0. The minimum Gasteiger partial charge on any atom is -2.00 e. The third-order valence-electron chi connectivity index (χ3n) is 0. The van der Waals surface area contributed by atoms with Crippen LogP contribution in [0.2, 0.25) is 0 Å². The topological polar surface area (TPSA) is 154 Å². The van der Waals surface area contributed by atoms with Gasteiger partial charge in [0.1, 0.15) is 0 Å². The zero-order valence-corrected chi connectivity index (χ0v) is 9.56. The van der Waals surface area contributed by atoms with Crippen LogP contribution >= 0.6 is 0 Å². The van der Waals surface area contributed by atoms with Crippen molar-refractivity contribution in [2.45, 2.75) is 0 Å². The van der Waals surface area contributed by atoms with Gasteiger partial charge < -0.3 is 27.4 Å². The molecule has 0 aliphatic heterocycles. The molecule has 0 bridgehead atoms. The predicted octanol–water partition coefficient (Wildman–Crippen LogP) is -10.2. The quantitative estimate of drug-likeness (QED) is 0.305. The van der Waals surface area contributed by atoms with Gasteiger partial charge in [-0.25, -0.2) is 0 Å². The van der Waals surface area contributed by atoms with Crippen molar-refractivity contribution < 1.29 is 86.5 Å². The maximum absolute atomic E-state index is 0. The Morgan fingerprint density at radius 2 is 0.444 bits per heavy atom. The molecule has 0 amide bonds. The van der Waals surface area contributed by atoms with Crippen LogP contribution in [0.1, 0.15) is 0 Å². The second-order valence-electron chi connectivity index (χ2n) is 0. The summed E-state index contributed by atoms with van der Waals surface area (Å²) in [5.74, 6) is 0. The molecule has 9 heavy (non-hydrogen) atoms. The molecule has 0 heterocycles.